The fourth-order valence-electron chi connectivity index (χ4n) is 2.52. The van der Waals surface area contributed by atoms with Crippen LogP contribution in [0, 0.1) is 0 Å². The zero-order chi connectivity index (χ0) is 14.4. The van der Waals surface area contributed by atoms with E-state index < -0.39 is 0 Å². The Balaban J connectivity index is 1.70. The lowest BCUT2D eigenvalue weighted by molar-refractivity contribution is -0.116. The molecule has 1 aromatic rings. The van der Waals surface area contributed by atoms with E-state index in [2.05, 4.69) is 22.5 Å². The molecule has 0 radical (unpaired) electrons. The van der Waals surface area contributed by atoms with Crippen LogP contribution in [0.5, 0.6) is 0 Å². The van der Waals surface area contributed by atoms with Gasteiger partial charge in [0.25, 0.3) is 0 Å². The van der Waals surface area contributed by atoms with Gasteiger partial charge in [0.1, 0.15) is 0 Å². The third-order valence-corrected chi connectivity index (χ3v) is 4.28. The van der Waals surface area contributed by atoms with Gasteiger partial charge in [-0.25, -0.2) is 0 Å². The first-order chi connectivity index (χ1) is 9.61. The highest BCUT2D eigenvalue weighted by molar-refractivity contribution is 5.90. The van der Waals surface area contributed by atoms with Crippen LogP contribution in [0.15, 0.2) is 30.3 Å². The first-order valence-corrected chi connectivity index (χ1v) is 7.37. The largest absolute Gasteiger partial charge is 0.326 e. The Hall–Kier alpha value is -1.39. The van der Waals surface area contributed by atoms with Crippen molar-refractivity contribution in [2.24, 2.45) is 0 Å². The van der Waals surface area contributed by atoms with Crippen molar-refractivity contribution in [3.63, 3.8) is 0 Å². The second-order valence-corrected chi connectivity index (χ2v) is 5.82. The number of hydrogen-bond donors (Lipinski definition) is 2. The highest BCUT2D eigenvalue weighted by Gasteiger charge is 2.28. The number of piperidine rings is 1. The second-order valence-electron chi connectivity index (χ2n) is 5.82. The Morgan fingerprint density at radius 2 is 1.90 bits per heavy atom. The van der Waals surface area contributed by atoms with Crippen molar-refractivity contribution >= 4 is 11.6 Å². The summed E-state index contributed by atoms with van der Waals surface area (Å²) < 4.78 is 0. The molecule has 0 atom stereocenters. The first-order valence-electron chi connectivity index (χ1n) is 7.37. The smallest absolute Gasteiger partial charge is 0.225 e. The van der Waals surface area contributed by atoms with E-state index in [0.29, 0.717) is 6.42 Å². The van der Waals surface area contributed by atoms with Gasteiger partial charge in [-0.1, -0.05) is 18.2 Å². The third-order valence-electron chi connectivity index (χ3n) is 4.28. The minimum absolute atomic E-state index is 0.0955. The van der Waals surface area contributed by atoms with Gasteiger partial charge >= 0.3 is 0 Å². The van der Waals surface area contributed by atoms with Gasteiger partial charge in [-0.05, 0) is 52.0 Å². The SMILES string of the molecule is CNC1(C)CCN(CCC(=O)Nc2ccccc2)CC1. The summed E-state index contributed by atoms with van der Waals surface area (Å²) in [6.45, 7) is 5.25. The van der Waals surface area contributed by atoms with Gasteiger partial charge in [-0.3, -0.25) is 4.79 Å². The molecular weight excluding hydrogens is 250 g/mol. The fraction of sp³-hybridized carbons (Fsp3) is 0.562. The maximum absolute atomic E-state index is 11.9. The lowest BCUT2D eigenvalue weighted by Crippen LogP contribution is -2.50. The molecule has 1 aliphatic rings. The Labute approximate surface area is 121 Å². The van der Waals surface area contributed by atoms with Gasteiger partial charge in [0.05, 0.1) is 0 Å². The molecule has 1 amide bonds. The first kappa shape index (κ1) is 15.0. The molecule has 20 heavy (non-hydrogen) atoms. The average Bonchev–Trinajstić information content (AvgIpc) is 2.48. The van der Waals surface area contributed by atoms with Gasteiger partial charge in [0.2, 0.25) is 5.91 Å². The monoisotopic (exact) mass is 275 g/mol. The fourth-order valence-corrected chi connectivity index (χ4v) is 2.52. The van der Waals surface area contributed by atoms with Gasteiger partial charge in [-0.2, -0.15) is 0 Å². The summed E-state index contributed by atoms with van der Waals surface area (Å²) in [6, 6.07) is 9.63. The van der Waals surface area contributed by atoms with Crippen LogP contribution in [0.4, 0.5) is 5.69 Å². The van der Waals surface area contributed by atoms with Gasteiger partial charge < -0.3 is 15.5 Å². The minimum atomic E-state index is 0.0955. The molecular formula is C16H25N3O. The molecule has 1 fully saturated rings. The summed E-state index contributed by atoms with van der Waals surface area (Å²) >= 11 is 0. The molecule has 0 aromatic heterocycles. The lowest BCUT2D eigenvalue weighted by atomic mass is 9.90. The number of carbonyl (C=O) groups is 1. The maximum atomic E-state index is 11.9. The molecule has 0 unspecified atom stereocenters. The van der Waals surface area contributed by atoms with Crippen molar-refractivity contribution in [1.82, 2.24) is 10.2 Å². The van der Waals surface area contributed by atoms with Crippen LogP contribution < -0.4 is 10.6 Å². The van der Waals surface area contributed by atoms with Crippen LogP contribution in [-0.2, 0) is 4.79 Å². The normalized spacial score (nSPS) is 18.7. The number of anilines is 1. The molecule has 0 aliphatic carbocycles. The molecule has 1 heterocycles. The molecule has 2 N–H and O–H groups in total. The predicted molar refractivity (Wildman–Crippen MR) is 82.8 cm³/mol. The van der Waals surface area contributed by atoms with Gasteiger partial charge in [0, 0.05) is 24.2 Å². The number of rotatable bonds is 5. The number of likely N-dealkylation sites (tertiary alicyclic amines) is 1. The van der Waals surface area contributed by atoms with Crippen molar-refractivity contribution < 1.29 is 4.79 Å². The van der Waals surface area contributed by atoms with Crippen molar-refractivity contribution in [2.45, 2.75) is 31.7 Å². The maximum Gasteiger partial charge on any atom is 0.225 e. The number of amides is 1. The number of benzene rings is 1. The summed E-state index contributed by atoms with van der Waals surface area (Å²) in [5, 5.41) is 6.32. The quantitative estimate of drug-likeness (QED) is 0.865. The standard InChI is InChI=1S/C16H25N3O/c1-16(17-2)9-12-19(13-10-16)11-8-15(20)18-14-6-4-3-5-7-14/h3-7,17H,8-13H2,1-2H3,(H,18,20). The van der Waals surface area contributed by atoms with E-state index in [-0.39, 0.29) is 11.4 Å². The summed E-state index contributed by atoms with van der Waals surface area (Å²) in [7, 11) is 2.03. The van der Waals surface area contributed by atoms with Gasteiger partial charge in [-0.15, -0.1) is 0 Å². The number of hydrogen-bond acceptors (Lipinski definition) is 3. The van der Waals surface area contributed by atoms with E-state index in [1.165, 1.54) is 0 Å². The molecule has 1 aliphatic heterocycles. The average molecular weight is 275 g/mol. The number of para-hydroxylation sites is 1. The summed E-state index contributed by atoms with van der Waals surface area (Å²) in [4.78, 5) is 14.3. The molecule has 0 saturated carbocycles. The summed E-state index contributed by atoms with van der Waals surface area (Å²) in [5.74, 6) is 0.0955. The number of nitrogens with one attached hydrogen (secondary N) is 2. The molecule has 0 bridgehead atoms. The van der Waals surface area contributed by atoms with Crippen molar-refractivity contribution in [1.29, 1.82) is 0 Å². The Bertz CT molecular complexity index is 425. The number of nitrogens with zero attached hydrogens (tertiary/aromatic N) is 1. The molecule has 4 heteroatoms. The molecule has 1 aromatic carbocycles. The van der Waals surface area contributed by atoms with E-state index in [1.807, 2.05) is 37.4 Å². The summed E-state index contributed by atoms with van der Waals surface area (Å²) in [5.41, 5.74) is 1.14. The van der Waals surface area contributed by atoms with E-state index in [4.69, 9.17) is 0 Å². The van der Waals surface area contributed by atoms with Gasteiger partial charge in [0.15, 0.2) is 0 Å². The third kappa shape index (κ3) is 4.32. The van der Waals surface area contributed by atoms with Crippen LogP contribution in [0.2, 0.25) is 0 Å². The molecule has 0 spiro atoms. The number of carbonyl (C=O) groups excluding carboxylic acids is 1. The highest BCUT2D eigenvalue weighted by Crippen LogP contribution is 2.21. The molecule has 110 valence electrons. The van der Waals surface area contributed by atoms with Crippen molar-refractivity contribution in [3.8, 4) is 0 Å². The van der Waals surface area contributed by atoms with Crippen LogP contribution in [-0.4, -0.2) is 43.0 Å². The molecule has 4 nitrogen and oxygen atoms in total. The topological polar surface area (TPSA) is 44.4 Å². The highest BCUT2D eigenvalue weighted by atomic mass is 16.1. The minimum Gasteiger partial charge on any atom is -0.326 e. The van der Waals surface area contributed by atoms with E-state index in [9.17, 15) is 4.79 Å². The summed E-state index contributed by atoms with van der Waals surface area (Å²) in [6.07, 6.45) is 2.85. The van der Waals surface area contributed by atoms with Crippen LogP contribution in [0.25, 0.3) is 0 Å². The van der Waals surface area contributed by atoms with Crippen molar-refractivity contribution in [3.05, 3.63) is 30.3 Å². The second kappa shape index (κ2) is 6.86. The Morgan fingerprint density at radius 3 is 2.50 bits per heavy atom. The zero-order valence-corrected chi connectivity index (χ0v) is 12.5. The predicted octanol–water partition coefficient (Wildman–Crippen LogP) is 2.09. The van der Waals surface area contributed by atoms with Crippen molar-refractivity contribution in [2.75, 3.05) is 32.0 Å². The molecule has 1 saturated heterocycles. The van der Waals surface area contributed by atoms with Crippen LogP contribution in [0.3, 0.4) is 0 Å². The van der Waals surface area contributed by atoms with Crippen LogP contribution >= 0.6 is 0 Å². The van der Waals surface area contributed by atoms with E-state index in [1.54, 1.807) is 0 Å². The van der Waals surface area contributed by atoms with E-state index in [0.717, 1.165) is 38.2 Å². The molecule has 2 rings (SSSR count). The van der Waals surface area contributed by atoms with Crippen LogP contribution in [0.1, 0.15) is 26.2 Å². The Kier molecular flexibility index (Phi) is 5.15. The van der Waals surface area contributed by atoms with E-state index >= 15 is 0 Å². The lowest BCUT2D eigenvalue weighted by Gasteiger charge is -2.39. The zero-order valence-electron chi connectivity index (χ0n) is 12.5. The Morgan fingerprint density at radius 1 is 1.25 bits per heavy atom.